The van der Waals surface area contributed by atoms with E-state index in [0.29, 0.717) is 0 Å². The van der Waals surface area contributed by atoms with Crippen LogP contribution in [0, 0.1) is 11.8 Å². The first kappa shape index (κ1) is 7.51. The van der Waals surface area contributed by atoms with E-state index in [2.05, 4.69) is 31.9 Å². The summed E-state index contributed by atoms with van der Waals surface area (Å²) in [5.41, 5.74) is 0. The summed E-state index contributed by atoms with van der Waals surface area (Å²) in [6.45, 7) is 1.67. The third kappa shape index (κ3) is 3.69. The Kier molecular flexibility index (Phi) is 4.38. The van der Waals surface area contributed by atoms with E-state index in [1.54, 1.807) is 6.92 Å². The minimum atomic E-state index is -0.362. The molecule has 0 N–H and O–H groups in total. The summed E-state index contributed by atoms with van der Waals surface area (Å²) in [5, 5.41) is 0. The van der Waals surface area contributed by atoms with Gasteiger partial charge in [-0.2, -0.15) is 0 Å². The number of halogens is 1. The first-order chi connectivity index (χ1) is 3.81. The van der Waals surface area contributed by atoms with E-state index in [4.69, 9.17) is 0 Å². The van der Waals surface area contributed by atoms with E-state index in [1.165, 1.54) is 0 Å². The van der Waals surface area contributed by atoms with Crippen molar-refractivity contribution in [2.75, 3.05) is 0 Å². The van der Waals surface area contributed by atoms with Crippen LogP contribution in [0.2, 0.25) is 0 Å². The van der Waals surface area contributed by atoms with Gasteiger partial charge in [0.1, 0.15) is 6.42 Å². The molecule has 0 bridgehead atoms. The quantitative estimate of drug-likeness (QED) is 0.563. The molecule has 44 valence electrons. The van der Waals surface area contributed by atoms with E-state index in [0.717, 1.165) is 0 Å². The van der Waals surface area contributed by atoms with Crippen LogP contribution in [-0.4, -0.2) is 5.97 Å². The Balaban J connectivity index is 3.35. The Bertz CT molecular complexity index is 131. The fourth-order valence-electron chi connectivity index (χ4n) is 0.188. The summed E-state index contributed by atoms with van der Waals surface area (Å²) in [4.78, 5) is 10.2. The van der Waals surface area contributed by atoms with E-state index in [1.807, 2.05) is 0 Å². The molecule has 0 aromatic rings. The summed E-state index contributed by atoms with van der Waals surface area (Å²) in [6, 6.07) is 0. The lowest BCUT2D eigenvalue weighted by molar-refractivity contribution is -0.131. The third-order valence-corrected chi connectivity index (χ3v) is 0.857. The van der Waals surface area contributed by atoms with Crippen molar-refractivity contribution >= 4 is 22.2 Å². The topological polar surface area (TPSA) is 26.3 Å². The molecule has 0 spiro atoms. The molecule has 0 aromatic heterocycles. The van der Waals surface area contributed by atoms with E-state index >= 15 is 0 Å². The largest absolute Gasteiger partial charge is 0.383 e. The van der Waals surface area contributed by atoms with Crippen LogP contribution in [0.25, 0.3) is 0 Å². The Morgan fingerprint density at radius 2 is 2.50 bits per heavy atom. The number of carbonyl (C=O) groups excluding carboxylic acids is 1. The lowest BCUT2D eigenvalue weighted by Crippen LogP contribution is -1.92. The van der Waals surface area contributed by atoms with Crippen molar-refractivity contribution in [3.63, 3.8) is 0 Å². The van der Waals surface area contributed by atoms with Crippen molar-refractivity contribution in [3.05, 3.63) is 0 Å². The average Bonchev–Trinajstić information content (AvgIpc) is 1.83. The summed E-state index contributed by atoms with van der Waals surface area (Å²) >= 11 is 2.53. The van der Waals surface area contributed by atoms with E-state index < -0.39 is 0 Å². The minimum Gasteiger partial charge on any atom is -0.383 e. The summed E-state index contributed by atoms with van der Waals surface area (Å²) in [6.07, 6.45) is 0.155. The molecule has 0 aliphatic heterocycles. The summed E-state index contributed by atoms with van der Waals surface area (Å²) in [7, 11) is 0. The van der Waals surface area contributed by atoms with Crippen molar-refractivity contribution in [2.45, 2.75) is 13.3 Å². The third-order valence-electron chi connectivity index (χ3n) is 0.496. The minimum absolute atomic E-state index is 0.155. The van der Waals surface area contributed by atoms with Gasteiger partial charge in [0.05, 0.1) is 0 Å². The van der Waals surface area contributed by atoms with Gasteiger partial charge in [0.15, 0.2) is 16.3 Å². The molecule has 0 amide bonds. The molecule has 0 aliphatic rings. The highest BCUT2D eigenvalue weighted by atomic mass is 79.9. The second kappa shape index (κ2) is 4.66. The first-order valence-corrected chi connectivity index (χ1v) is 2.67. The predicted molar refractivity (Wildman–Crippen MR) is 33.1 cm³/mol. The standard InChI is InChI=1S/C5H5BrO2/c1-2-3-4-5(7)8-6/h4H2,1H3. The second-order valence-corrected chi connectivity index (χ2v) is 1.38. The van der Waals surface area contributed by atoms with Gasteiger partial charge in [-0.15, -0.1) is 5.92 Å². The van der Waals surface area contributed by atoms with E-state index in [9.17, 15) is 4.79 Å². The lowest BCUT2D eigenvalue weighted by Gasteiger charge is -1.83. The number of hydrogen-bond donors (Lipinski definition) is 0. The van der Waals surface area contributed by atoms with Crippen LogP contribution < -0.4 is 0 Å². The number of hydrogen-bond acceptors (Lipinski definition) is 2. The maximum absolute atomic E-state index is 10.2. The maximum Gasteiger partial charge on any atom is 0.329 e. The highest BCUT2D eigenvalue weighted by molar-refractivity contribution is 9.06. The fourth-order valence-corrected chi connectivity index (χ4v) is 0.302. The van der Waals surface area contributed by atoms with Crippen molar-refractivity contribution in [2.24, 2.45) is 0 Å². The van der Waals surface area contributed by atoms with Crippen molar-refractivity contribution in [1.29, 1.82) is 0 Å². The molecule has 0 aromatic carbocycles. The van der Waals surface area contributed by atoms with Crippen molar-refractivity contribution in [3.8, 4) is 11.8 Å². The normalized spacial score (nSPS) is 6.75. The smallest absolute Gasteiger partial charge is 0.329 e. The lowest BCUT2D eigenvalue weighted by atomic mass is 10.4. The molecule has 2 nitrogen and oxygen atoms in total. The maximum atomic E-state index is 10.2. The van der Waals surface area contributed by atoms with Gasteiger partial charge in [0.25, 0.3) is 0 Å². The summed E-state index contributed by atoms with van der Waals surface area (Å²) < 4.78 is 4.12. The van der Waals surface area contributed by atoms with Crippen LogP contribution in [0.15, 0.2) is 0 Å². The van der Waals surface area contributed by atoms with Crippen LogP contribution in [-0.2, 0) is 8.62 Å². The molecule has 0 fully saturated rings. The zero-order chi connectivity index (χ0) is 6.41. The van der Waals surface area contributed by atoms with Gasteiger partial charge in [-0.1, -0.05) is 5.92 Å². The van der Waals surface area contributed by atoms with Crippen LogP contribution in [0.5, 0.6) is 0 Å². The van der Waals surface area contributed by atoms with Gasteiger partial charge in [0, 0.05) is 0 Å². The molecule has 0 saturated heterocycles. The van der Waals surface area contributed by atoms with Crippen molar-refractivity contribution < 1.29 is 8.62 Å². The highest BCUT2D eigenvalue weighted by Crippen LogP contribution is 1.88. The SMILES string of the molecule is CC#CCC(=O)OBr. The molecule has 0 heterocycles. The average molecular weight is 177 g/mol. The highest BCUT2D eigenvalue weighted by Gasteiger charge is 1.93. The summed E-state index contributed by atoms with van der Waals surface area (Å²) in [5.74, 6) is 4.74. The monoisotopic (exact) mass is 176 g/mol. The fraction of sp³-hybridized carbons (Fsp3) is 0.400. The van der Waals surface area contributed by atoms with Gasteiger partial charge in [0.2, 0.25) is 0 Å². The Morgan fingerprint density at radius 3 is 2.88 bits per heavy atom. The molecule has 0 rings (SSSR count). The molecule has 8 heavy (non-hydrogen) atoms. The molecule has 0 saturated carbocycles. The molecule has 3 heteroatoms. The first-order valence-electron chi connectivity index (χ1n) is 2.02. The molecule has 0 aliphatic carbocycles. The molecule has 0 atom stereocenters. The predicted octanol–water partition coefficient (Wildman–Crippen LogP) is 1.25. The molecular formula is C5H5BrO2. The molecule has 0 radical (unpaired) electrons. The van der Waals surface area contributed by atoms with Crippen LogP contribution >= 0.6 is 16.3 Å². The van der Waals surface area contributed by atoms with Gasteiger partial charge in [-0.25, -0.2) is 0 Å². The molecular weight excluding hydrogens is 172 g/mol. The zero-order valence-electron chi connectivity index (χ0n) is 4.40. The second-order valence-electron chi connectivity index (χ2n) is 1.05. The van der Waals surface area contributed by atoms with Gasteiger partial charge < -0.3 is 3.83 Å². The Hall–Kier alpha value is -0.490. The number of carbonyl (C=O) groups is 1. The number of rotatable bonds is 1. The Morgan fingerprint density at radius 1 is 1.88 bits per heavy atom. The zero-order valence-corrected chi connectivity index (χ0v) is 5.99. The van der Waals surface area contributed by atoms with Gasteiger partial charge in [-0.3, -0.25) is 4.79 Å². The molecule has 0 unspecified atom stereocenters. The van der Waals surface area contributed by atoms with Crippen LogP contribution in [0.3, 0.4) is 0 Å². The van der Waals surface area contributed by atoms with Gasteiger partial charge in [-0.05, 0) is 6.92 Å². The van der Waals surface area contributed by atoms with Crippen LogP contribution in [0.1, 0.15) is 13.3 Å². The van der Waals surface area contributed by atoms with Crippen molar-refractivity contribution in [1.82, 2.24) is 0 Å². The Labute approximate surface area is 56.7 Å². The van der Waals surface area contributed by atoms with E-state index in [-0.39, 0.29) is 12.4 Å². The van der Waals surface area contributed by atoms with Crippen LogP contribution in [0.4, 0.5) is 0 Å². The van der Waals surface area contributed by atoms with Gasteiger partial charge >= 0.3 is 5.97 Å².